The van der Waals surface area contributed by atoms with Crippen molar-refractivity contribution in [2.45, 2.75) is 32.2 Å². The molecule has 0 aromatic heterocycles. The average molecular weight is 253 g/mol. The first-order valence-electron chi connectivity index (χ1n) is 6.42. The number of aliphatic hydroxyl groups is 1. The minimum Gasteiger partial charge on any atom is -0.493 e. The van der Waals surface area contributed by atoms with Gasteiger partial charge in [-0.2, -0.15) is 0 Å². The van der Waals surface area contributed by atoms with Crippen LogP contribution in [0.4, 0.5) is 0 Å². The van der Waals surface area contributed by atoms with Crippen molar-refractivity contribution < 1.29 is 14.6 Å². The number of ether oxygens (including phenoxy) is 2. The molecule has 0 radical (unpaired) electrons. The van der Waals surface area contributed by atoms with Crippen molar-refractivity contribution >= 4 is 0 Å². The molecule has 0 atom stereocenters. The highest BCUT2D eigenvalue weighted by atomic mass is 16.5. The lowest BCUT2D eigenvalue weighted by Crippen LogP contribution is -2.01. The summed E-state index contributed by atoms with van der Waals surface area (Å²) in [6, 6.07) is 5.75. The lowest BCUT2D eigenvalue weighted by Gasteiger charge is -2.11. The average Bonchev–Trinajstić information content (AvgIpc) is 2.42. The molecule has 0 saturated carbocycles. The second kappa shape index (κ2) is 8.78. The molecule has 0 amide bonds. The van der Waals surface area contributed by atoms with Gasteiger partial charge in [-0.05, 0) is 37.0 Å². The number of aliphatic hydroxyl groups excluding tert-OH is 1. The standard InChI is InChI=1S/C14H23NO3/c1-17-14-10-12(11-15)6-7-13(14)18-9-5-3-2-4-8-16/h6-7,10,16H,2-5,8-9,11,15H2,1H3. The number of hydrogen-bond acceptors (Lipinski definition) is 4. The summed E-state index contributed by atoms with van der Waals surface area (Å²) in [7, 11) is 1.63. The Bertz CT molecular complexity index is 342. The summed E-state index contributed by atoms with van der Waals surface area (Å²) >= 11 is 0. The van der Waals surface area contributed by atoms with Crippen molar-refractivity contribution in [2.75, 3.05) is 20.3 Å². The SMILES string of the molecule is COc1cc(CN)ccc1OCCCCCCO. The monoisotopic (exact) mass is 253 g/mol. The molecule has 1 aromatic rings. The summed E-state index contributed by atoms with van der Waals surface area (Å²) in [5.74, 6) is 1.49. The van der Waals surface area contributed by atoms with Gasteiger partial charge in [0.25, 0.3) is 0 Å². The molecule has 0 heterocycles. The Balaban J connectivity index is 2.37. The number of benzene rings is 1. The first-order chi connectivity index (χ1) is 8.81. The highest BCUT2D eigenvalue weighted by Gasteiger charge is 2.04. The molecule has 3 N–H and O–H groups in total. The molecule has 4 heteroatoms. The molecular weight excluding hydrogens is 230 g/mol. The van der Waals surface area contributed by atoms with Crippen LogP contribution in [0.1, 0.15) is 31.2 Å². The molecule has 0 aliphatic heterocycles. The lowest BCUT2D eigenvalue weighted by molar-refractivity contribution is 0.268. The first kappa shape index (κ1) is 14.8. The van der Waals surface area contributed by atoms with Crippen molar-refractivity contribution in [3.8, 4) is 11.5 Å². The van der Waals surface area contributed by atoms with Crippen LogP contribution in [0.2, 0.25) is 0 Å². The molecule has 0 bridgehead atoms. The minimum absolute atomic E-state index is 0.273. The largest absolute Gasteiger partial charge is 0.493 e. The number of rotatable bonds is 9. The van der Waals surface area contributed by atoms with Gasteiger partial charge in [-0.3, -0.25) is 0 Å². The highest BCUT2D eigenvalue weighted by molar-refractivity contribution is 5.42. The third kappa shape index (κ3) is 4.94. The van der Waals surface area contributed by atoms with E-state index in [1.165, 1.54) is 0 Å². The summed E-state index contributed by atoms with van der Waals surface area (Å²) in [5, 5.41) is 8.66. The van der Waals surface area contributed by atoms with E-state index in [0.717, 1.165) is 42.7 Å². The molecule has 0 spiro atoms. The number of nitrogens with two attached hydrogens (primary N) is 1. The summed E-state index contributed by atoms with van der Waals surface area (Å²) in [4.78, 5) is 0. The number of hydrogen-bond donors (Lipinski definition) is 2. The molecule has 18 heavy (non-hydrogen) atoms. The molecule has 102 valence electrons. The van der Waals surface area contributed by atoms with Gasteiger partial charge < -0.3 is 20.3 Å². The van der Waals surface area contributed by atoms with Crippen molar-refractivity contribution in [3.05, 3.63) is 23.8 Å². The third-order valence-electron chi connectivity index (χ3n) is 2.77. The van der Waals surface area contributed by atoms with Crippen LogP contribution in [-0.2, 0) is 6.54 Å². The summed E-state index contributed by atoms with van der Waals surface area (Å²) in [6.45, 7) is 1.44. The predicted octanol–water partition coefficient (Wildman–Crippen LogP) is 2.09. The van der Waals surface area contributed by atoms with Crippen LogP contribution < -0.4 is 15.2 Å². The fraction of sp³-hybridized carbons (Fsp3) is 0.571. The Hall–Kier alpha value is -1.26. The predicted molar refractivity (Wildman–Crippen MR) is 71.9 cm³/mol. The minimum atomic E-state index is 0.273. The summed E-state index contributed by atoms with van der Waals surface area (Å²) in [6.07, 6.45) is 3.98. The Labute approximate surface area is 109 Å². The third-order valence-corrected chi connectivity index (χ3v) is 2.77. The van der Waals surface area contributed by atoms with E-state index in [-0.39, 0.29) is 6.61 Å². The van der Waals surface area contributed by atoms with Gasteiger partial charge in [-0.25, -0.2) is 0 Å². The van der Waals surface area contributed by atoms with Crippen LogP contribution in [0, 0.1) is 0 Å². The molecular formula is C14H23NO3. The molecule has 0 fully saturated rings. The normalized spacial score (nSPS) is 10.4. The van der Waals surface area contributed by atoms with E-state index in [0.29, 0.717) is 13.2 Å². The van der Waals surface area contributed by atoms with E-state index in [4.69, 9.17) is 20.3 Å². The van der Waals surface area contributed by atoms with E-state index < -0.39 is 0 Å². The van der Waals surface area contributed by atoms with Gasteiger partial charge in [0.1, 0.15) is 0 Å². The zero-order chi connectivity index (χ0) is 13.2. The topological polar surface area (TPSA) is 64.7 Å². The first-order valence-corrected chi connectivity index (χ1v) is 6.42. The van der Waals surface area contributed by atoms with Gasteiger partial charge in [0, 0.05) is 13.2 Å². The molecule has 1 aromatic carbocycles. The van der Waals surface area contributed by atoms with Crippen molar-refractivity contribution in [3.63, 3.8) is 0 Å². The van der Waals surface area contributed by atoms with Crippen LogP contribution in [-0.4, -0.2) is 25.4 Å². The summed E-state index contributed by atoms with van der Waals surface area (Å²) < 4.78 is 10.9. The molecule has 0 aliphatic rings. The highest BCUT2D eigenvalue weighted by Crippen LogP contribution is 2.28. The van der Waals surface area contributed by atoms with E-state index in [1.54, 1.807) is 7.11 Å². The zero-order valence-electron chi connectivity index (χ0n) is 11.0. The molecule has 1 rings (SSSR count). The van der Waals surface area contributed by atoms with E-state index in [9.17, 15) is 0 Å². The van der Waals surface area contributed by atoms with Crippen LogP contribution in [0.3, 0.4) is 0 Å². The number of methoxy groups -OCH3 is 1. The Morgan fingerprint density at radius 1 is 1.11 bits per heavy atom. The van der Waals surface area contributed by atoms with E-state index in [2.05, 4.69) is 0 Å². The van der Waals surface area contributed by atoms with Crippen LogP contribution in [0.15, 0.2) is 18.2 Å². The van der Waals surface area contributed by atoms with Gasteiger partial charge in [0.2, 0.25) is 0 Å². The van der Waals surface area contributed by atoms with Crippen molar-refractivity contribution in [1.29, 1.82) is 0 Å². The van der Waals surface area contributed by atoms with Crippen LogP contribution >= 0.6 is 0 Å². The maximum absolute atomic E-state index is 8.66. The van der Waals surface area contributed by atoms with Crippen molar-refractivity contribution in [1.82, 2.24) is 0 Å². The quantitative estimate of drug-likeness (QED) is 0.661. The van der Waals surface area contributed by atoms with E-state index in [1.807, 2.05) is 18.2 Å². The second-order valence-corrected chi connectivity index (χ2v) is 4.18. The second-order valence-electron chi connectivity index (χ2n) is 4.18. The zero-order valence-corrected chi connectivity index (χ0v) is 11.0. The molecule has 0 saturated heterocycles. The summed E-state index contributed by atoms with van der Waals surface area (Å²) in [5.41, 5.74) is 6.60. The van der Waals surface area contributed by atoms with Crippen LogP contribution in [0.25, 0.3) is 0 Å². The molecule has 0 aliphatic carbocycles. The van der Waals surface area contributed by atoms with Crippen molar-refractivity contribution in [2.24, 2.45) is 5.73 Å². The number of unbranched alkanes of at least 4 members (excludes halogenated alkanes) is 3. The van der Waals surface area contributed by atoms with Crippen LogP contribution in [0.5, 0.6) is 11.5 Å². The molecule has 0 unspecified atom stereocenters. The van der Waals surface area contributed by atoms with Gasteiger partial charge in [0.15, 0.2) is 11.5 Å². The Morgan fingerprint density at radius 2 is 1.89 bits per heavy atom. The Morgan fingerprint density at radius 3 is 2.56 bits per heavy atom. The Kier molecular flexibility index (Phi) is 7.22. The van der Waals surface area contributed by atoms with E-state index >= 15 is 0 Å². The van der Waals surface area contributed by atoms with Gasteiger partial charge in [-0.15, -0.1) is 0 Å². The smallest absolute Gasteiger partial charge is 0.161 e. The maximum atomic E-state index is 8.66. The fourth-order valence-electron chi connectivity index (χ4n) is 1.71. The molecule has 4 nitrogen and oxygen atoms in total. The van der Waals surface area contributed by atoms with Gasteiger partial charge in [-0.1, -0.05) is 12.5 Å². The van der Waals surface area contributed by atoms with Gasteiger partial charge in [0.05, 0.1) is 13.7 Å². The maximum Gasteiger partial charge on any atom is 0.161 e. The van der Waals surface area contributed by atoms with Gasteiger partial charge >= 0.3 is 0 Å². The lowest BCUT2D eigenvalue weighted by atomic mass is 10.2. The fourth-order valence-corrected chi connectivity index (χ4v) is 1.71.